The highest BCUT2D eigenvalue weighted by Gasteiger charge is 2.50. The lowest BCUT2D eigenvalue weighted by atomic mass is 9.68. The van der Waals surface area contributed by atoms with E-state index in [9.17, 15) is 4.79 Å². The average Bonchev–Trinajstić information content (AvgIpc) is 2.85. The van der Waals surface area contributed by atoms with Crippen molar-refractivity contribution in [3.8, 4) is 0 Å². The quantitative estimate of drug-likeness (QED) is 0.671. The molecule has 4 rings (SSSR count). The van der Waals surface area contributed by atoms with E-state index in [2.05, 4.69) is 20.5 Å². The molecule has 2 aromatic heterocycles. The van der Waals surface area contributed by atoms with Crippen molar-refractivity contribution in [2.45, 2.75) is 31.0 Å². The van der Waals surface area contributed by atoms with Gasteiger partial charge in [0.25, 0.3) is 0 Å². The number of nitrogens with two attached hydrogens (primary N) is 1. The minimum atomic E-state index is -0.296. The van der Waals surface area contributed by atoms with E-state index < -0.39 is 0 Å². The Kier molecular flexibility index (Phi) is 2.54. The van der Waals surface area contributed by atoms with Gasteiger partial charge in [-0.05, 0) is 12.8 Å². The molecule has 106 valence electrons. The maximum Gasteiger partial charge on any atom is 0.348 e. The summed E-state index contributed by atoms with van der Waals surface area (Å²) in [5.41, 5.74) is 6.43. The monoisotopic (exact) mass is 276 g/mol. The Labute approximate surface area is 114 Å². The van der Waals surface area contributed by atoms with Crippen molar-refractivity contribution in [2.24, 2.45) is 11.7 Å². The van der Waals surface area contributed by atoms with Crippen LogP contribution in [0.3, 0.4) is 0 Å². The van der Waals surface area contributed by atoms with Gasteiger partial charge in [-0.2, -0.15) is 5.10 Å². The second kappa shape index (κ2) is 4.29. The second-order valence-electron chi connectivity index (χ2n) is 5.42. The normalized spacial score (nSPS) is 32.6. The van der Waals surface area contributed by atoms with E-state index >= 15 is 0 Å². The van der Waals surface area contributed by atoms with Crippen molar-refractivity contribution in [3.05, 3.63) is 22.9 Å². The summed E-state index contributed by atoms with van der Waals surface area (Å²) in [6.45, 7) is 0.799. The maximum atomic E-state index is 11.4. The van der Waals surface area contributed by atoms with Crippen LogP contribution in [0.25, 0.3) is 5.65 Å². The third-order valence-electron chi connectivity index (χ3n) is 4.30. The van der Waals surface area contributed by atoms with E-state index in [0.717, 1.165) is 19.4 Å². The summed E-state index contributed by atoms with van der Waals surface area (Å²) in [6.07, 6.45) is 3.83. The second-order valence-corrected chi connectivity index (χ2v) is 5.42. The summed E-state index contributed by atoms with van der Waals surface area (Å²) in [4.78, 5) is 15.6. The van der Waals surface area contributed by atoms with Crippen molar-refractivity contribution in [2.75, 3.05) is 11.9 Å². The molecule has 4 atom stereocenters. The fraction of sp³-hybridized carbons (Fsp3) is 0.583. The predicted octanol–water partition coefficient (Wildman–Crippen LogP) is -0.666. The van der Waals surface area contributed by atoms with Crippen molar-refractivity contribution in [1.29, 1.82) is 0 Å². The minimum absolute atomic E-state index is 0.0703. The Morgan fingerprint density at radius 2 is 2.45 bits per heavy atom. The molecule has 20 heavy (non-hydrogen) atoms. The van der Waals surface area contributed by atoms with E-state index in [1.807, 2.05) is 0 Å². The summed E-state index contributed by atoms with van der Waals surface area (Å²) in [6, 6.07) is 1.88. The van der Waals surface area contributed by atoms with E-state index in [4.69, 9.17) is 10.5 Å². The van der Waals surface area contributed by atoms with Crippen LogP contribution in [0, 0.1) is 5.92 Å². The Hall–Kier alpha value is -1.93. The van der Waals surface area contributed by atoms with E-state index in [1.165, 1.54) is 10.7 Å². The predicted molar refractivity (Wildman–Crippen MR) is 71.5 cm³/mol. The van der Waals surface area contributed by atoms with Gasteiger partial charge in [0.05, 0.1) is 12.1 Å². The standard InChI is InChI=1S/C12H16N6O2/c13-9-6-2-1-3-20-11(6)10(9)15-7-4-8-16-17-12(19)18(8)5-14-7/h4-6,9-11,15H,1-3,13H2,(H,17,19). The molecule has 2 aromatic rings. The molecule has 2 fully saturated rings. The van der Waals surface area contributed by atoms with E-state index in [-0.39, 0.29) is 23.9 Å². The van der Waals surface area contributed by atoms with Crippen molar-refractivity contribution in [3.63, 3.8) is 0 Å². The lowest BCUT2D eigenvalue weighted by Gasteiger charge is -2.52. The van der Waals surface area contributed by atoms with Crippen LogP contribution < -0.4 is 16.7 Å². The average molecular weight is 276 g/mol. The number of fused-ring (bicyclic) bond motifs is 2. The topological polar surface area (TPSA) is 110 Å². The first-order valence-corrected chi connectivity index (χ1v) is 6.80. The molecule has 2 aliphatic rings. The van der Waals surface area contributed by atoms with Crippen LogP contribution in [0.4, 0.5) is 5.82 Å². The molecular formula is C12H16N6O2. The van der Waals surface area contributed by atoms with Crippen LogP contribution in [0.5, 0.6) is 0 Å². The Morgan fingerprint density at radius 3 is 3.35 bits per heavy atom. The lowest BCUT2D eigenvalue weighted by Crippen LogP contribution is -2.69. The van der Waals surface area contributed by atoms with E-state index in [0.29, 0.717) is 17.4 Å². The Balaban J connectivity index is 1.56. The van der Waals surface area contributed by atoms with Gasteiger partial charge in [-0.3, -0.25) is 0 Å². The van der Waals surface area contributed by atoms with Gasteiger partial charge < -0.3 is 15.8 Å². The Bertz CT molecular complexity index is 695. The molecular weight excluding hydrogens is 260 g/mol. The molecule has 8 nitrogen and oxygen atoms in total. The minimum Gasteiger partial charge on any atom is -0.376 e. The number of H-pyrrole nitrogens is 1. The van der Waals surface area contributed by atoms with Gasteiger partial charge >= 0.3 is 5.69 Å². The highest BCUT2D eigenvalue weighted by atomic mass is 16.5. The molecule has 0 bridgehead atoms. The van der Waals surface area contributed by atoms with Crippen molar-refractivity contribution >= 4 is 11.5 Å². The molecule has 0 radical (unpaired) electrons. The zero-order valence-corrected chi connectivity index (χ0v) is 10.8. The zero-order valence-electron chi connectivity index (χ0n) is 10.8. The van der Waals surface area contributed by atoms with Crippen molar-refractivity contribution in [1.82, 2.24) is 19.6 Å². The summed E-state index contributed by atoms with van der Waals surface area (Å²) in [5, 5.41) is 9.59. The zero-order chi connectivity index (χ0) is 13.7. The van der Waals surface area contributed by atoms with Gasteiger partial charge in [-0.25, -0.2) is 19.3 Å². The van der Waals surface area contributed by atoms with Crippen LogP contribution in [-0.2, 0) is 4.74 Å². The van der Waals surface area contributed by atoms with Crippen LogP contribution in [0.1, 0.15) is 12.8 Å². The molecule has 1 saturated heterocycles. The largest absolute Gasteiger partial charge is 0.376 e. The van der Waals surface area contributed by atoms with Gasteiger partial charge in [0.1, 0.15) is 12.1 Å². The van der Waals surface area contributed by atoms with E-state index in [1.54, 1.807) is 6.07 Å². The number of nitrogens with zero attached hydrogens (tertiary/aromatic N) is 3. The van der Waals surface area contributed by atoms with Crippen molar-refractivity contribution < 1.29 is 4.74 Å². The van der Waals surface area contributed by atoms with Gasteiger partial charge in [-0.1, -0.05) is 0 Å². The lowest BCUT2D eigenvalue weighted by molar-refractivity contribution is -0.104. The Morgan fingerprint density at radius 1 is 1.55 bits per heavy atom. The number of aromatic amines is 1. The van der Waals surface area contributed by atoms with Crippen LogP contribution in [-0.4, -0.2) is 44.4 Å². The molecule has 0 amide bonds. The number of rotatable bonds is 2. The number of hydrogen-bond donors (Lipinski definition) is 3. The SMILES string of the molecule is NC1C2CCCOC2C1Nc1cc2n[nH]c(=O)n2cn1. The third-order valence-corrected chi connectivity index (χ3v) is 4.30. The van der Waals surface area contributed by atoms with Gasteiger partial charge in [0.15, 0.2) is 5.65 Å². The molecule has 0 spiro atoms. The van der Waals surface area contributed by atoms with Crippen LogP contribution >= 0.6 is 0 Å². The number of nitrogens with one attached hydrogen (secondary N) is 2. The first-order chi connectivity index (χ1) is 9.74. The van der Waals surface area contributed by atoms with Crippen LogP contribution in [0.2, 0.25) is 0 Å². The summed E-state index contributed by atoms with van der Waals surface area (Å²) in [5.74, 6) is 1.10. The third kappa shape index (κ3) is 1.65. The summed E-state index contributed by atoms with van der Waals surface area (Å²) in [7, 11) is 0. The number of aromatic nitrogens is 4. The highest BCUT2D eigenvalue weighted by molar-refractivity contribution is 5.49. The molecule has 3 heterocycles. The molecule has 1 aliphatic carbocycles. The van der Waals surface area contributed by atoms with Crippen LogP contribution in [0.15, 0.2) is 17.2 Å². The van der Waals surface area contributed by atoms with Gasteiger partial charge in [0, 0.05) is 24.6 Å². The number of hydrogen-bond acceptors (Lipinski definition) is 6. The van der Waals surface area contributed by atoms with Gasteiger partial charge in [0.2, 0.25) is 0 Å². The molecule has 1 saturated carbocycles. The number of anilines is 1. The van der Waals surface area contributed by atoms with Gasteiger partial charge in [-0.15, -0.1) is 0 Å². The number of ether oxygens (including phenoxy) is 1. The first kappa shape index (κ1) is 11.9. The fourth-order valence-corrected chi connectivity index (χ4v) is 3.19. The summed E-state index contributed by atoms with van der Waals surface area (Å²) >= 11 is 0. The highest BCUT2D eigenvalue weighted by Crippen LogP contribution is 2.38. The molecule has 4 N–H and O–H groups in total. The molecule has 0 aromatic carbocycles. The fourth-order valence-electron chi connectivity index (χ4n) is 3.19. The maximum absolute atomic E-state index is 11.4. The summed E-state index contributed by atoms with van der Waals surface area (Å²) < 4.78 is 7.13. The smallest absolute Gasteiger partial charge is 0.348 e. The molecule has 1 aliphatic heterocycles. The first-order valence-electron chi connectivity index (χ1n) is 6.80. The molecule has 8 heteroatoms. The molecule has 4 unspecified atom stereocenters.